The van der Waals surface area contributed by atoms with Crippen LogP contribution in [0.5, 0.6) is 0 Å². The van der Waals surface area contributed by atoms with Crippen LogP contribution >= 0.6 is 22.9 Å². The molecule has 1 aliphatic rings. The van der Waals surface area contributed by atoms with Crippen LogP contribution in [0.2, 0.25) is 0 Å². The van der Waals surface area contributed by atoms with Crippen molar-refractivity contribution < 1.29 is 0 Å². The van der Waals surface area contributed by atoms with Gasteiger partial charge in [-0.15, -0.1) is 11.3 Å². The molecule has 3 N–H and O–H groups in total. The molecule has 0 unspecified atom stereocenters. The van der Waals surface area contributed by atoms with Crippen molar-refractivity contribution in [3.05, 3.63) is 10.4 Å². The summed E-state index contributed by atoms with van der Waals surface area (Å²) in [6, 6.07) is 0. The summed E-state index contributed by atoms with van der Waals surface area (Å²) in [4.78, 5) is 4.52. The molecular formula is C13H18N4S2. The number of nitrogens with two attached hydrogens (primary N) is 1. The number of rotatable bonds is 4. The molecule has 0 aromatic carbocycles. The molecule has 1 aliphatic carbocycles. The highest BCUT2D eigenvalue weighted by atomic mass is 32.1. The molecule has 0 atom stereocenters. The Bertz CT molecular complexity index is 555. The van der Waals surface area contributed by atoms with E-state index >= 15 is 0 Å². The Kier molecular flexibility index (Phi) is 3.70. The minimum absolute atomic E-state index is 0.587. The SMILES string of the molecule is Cc1nc(-c2c(N)nsc2NCC2CCCC2)cs1. The number of nitrogen functional groups attached to an aromatic ring is 1. The number of anilines is 2. The predicted octanol–water partition coefficient (Wildman–Crippen LogP) is 3.76. The third kappa shape index (κ3) is 2.74. The lowest BCUT2D eigenvalue weighted by Gasteiger charge is -2.10. The van der Waals surface area contributed by atoms with Gasteiger partial charge >= 0.3 is 0 Å². The third-order valence-electron chi connectivity index (χ3n) is 3.62. The van der Waals surface area contributed by atoms with Crippen LogP contribution in [0.25, 0.3) is 11.3 Å². The van der Waals surface area contributed by atoms with E-state index in [1.807, 2.05) is 6.92 Å². The molecule has 2 aromatic rings. The normalized spacial score (nSPS) is 16.1. The van der Waals surface area contributed by atoms with E-state index in [4.69, 9.17) is 5.73 Å². The van der Waals surface area contributed by atoms with Gasteiger partial charge in [0.2, 0.25) is 0 Å². The van der Waals surface area contributed by atoms with Crippen LogP contribution in [0.1, 0.15) is 30.7 Å². The number of thiazole rings is 1. The molecule has 102 valence electrons. The quantitative estimate of drug-likeness (QED) is 0.901. The van der Waals surface area contributed by atoms with Crippen molar-refractivity contribution in [2.45, 2.75) is 32.6 Å². The maximum Gasteiger partial charge on any atom is 0.148 e. The molecule has 1 fully saturated rings. The summed E-state index contributed by atoms with van der Waals surface area (Å²) < 4.78 is 4.27. The van der Waals surface area contributed by atoms with Crippen molar-refractivity contribution in [3.8, 4) is 11.3 Å². The summed E-state index contributed by atoms with van der Waals surface area (Å²) in [5.74, 6) is 1.39. The number of nitrogens with zero attached hydrogens (tertiary/aromatic N) is 2. The van der Waals surface area contributed by atoms with Gasteiger partial charge in [-0.25, -0.2) is 4.98 Å². The fourth-order valence-electron chi connectivity index (χ4n) is 2.60. The molecule has 0 amide bonds. The van der Waals surface area contributed by atoms with Crippen LogP contribution in [-0.4, -0.2) is 15.9 Å². The number of nitrogens with one attached hydrogen (secondary N) is 1. The Hall–Kier alpha value is -1.14. The largest absolute Gasteiger partial charge is 0.382 e. The predicted molar refractivity (Wildman–Crippen MR) is 82.8 cm³/mol. The first-order valence-electron chi connectivity index (χ1n) is 6.65. The van der Waals surface area contributed by atoms with Crippen LogP contribution in [0.15, 0.2) is 5.38 Å². The van der Waals surface area contributed by atoms with E-state index in [0.717, 1.165) is 33.7 Å². The zero-order chi connectivity index (χ0) is 13.2. The number of hydrogen-bond acceptors (Lipinski definition) is 6. The van der Waals surface area contributed by atoms with E-state index in [0.29, 0.717) is 5.82 Å². The van der Waals surface area contributed by atoms with E-state index in [1.54, 1.807) is 11.3 Å². The maximum atomic E-state index is 5.99. The Morgan fingerprint density at radius 1 is 1.42 bits per heavy atom. The van der Waals surface area contributed by atoms with E-state index in [-0.39, 0.29) is 0 Å². The second-order valence-corrected chi connectivity index (χ2v) is 6.89. The van der Waals surface area contributed by atoms with Gasteiger partial charge in [0, 0.05) is 11.9 Å². The van der Waals surface area contributed by atoms with E-state index in [1.165, 1.54) is 37.2 Å². The molecule has 19 heavy (non-hydrogen) atoms. The van der Waals surface area contributed by atoms with E-state index < -0.39 is 0 Å². The molecule has 4 nitrogen and oxygen atoms in total. The topological polar surface area (TPSA) is 63.8 Å². The molecule has 1 saturated carbocycles. The highest BCUT2D eigenvalue weighted by molar-refractivity contribution is 7.11. The molecule has 0 spiro atoms. The molecule has 0 aliphatic heterocycles. The first-order valence-corrected chi connectivity index (χ1v) is 8.31. The highest BCUT2D eigenvalue weighted by Gasteiger charge is 2.19. The first-order chi connectivity index (χ1) is 9.24. The molecule has 6 heteroatoms. The summed E-state index contributed by atoms with van der Waals surface area (Å²) >= 11 is 3.09. The highest BCUT2D eigenvalue weighted by Crippen LogP contribution is 2.37. The van der Waals surface area contributed by atoms with Crippen molar-refractivity contribution in [2.24, 2.45) is 5.92 Å². The van der Waals surface area contributed by atoms with Crippen LogP contribution in [0.4, 0.5) is 10.8 Å². The van der Waals surface area contributed by atoms with E-state index in [9.17, 15) is 0 Å². The lowest BCUT2D eigenvalue weighted by molar-refractivity contribution is 0.580. The monoisotopic (exact) mass is 294 g/mol. The number of aryl methyl sites for hydroxylation is 1. The van der Waals surface area contributed by atoms with Gasteiger partial charge in [0.1, 0.15) is 10.8 Å². The number of aromatic nitrogens is 2. The van der Waals surface area contributed by atoms with Crippen molar-refractivity contribution in [2.75, 3.05) is 17.6 Å². The van der Waals surface area contributed by atoms with Gasteiger partial charge in [0.05, 0.1) is 16.3 Å². The lowest BCUT2D eigenvalue weighted by Crippen LogP contribution is -2.10. The first kappa shape index (κ1) is 12.9. The zero-order valence-corrected chi connectivity index (χ0v) is 12.6. The van der Waals surface area contributed by atoms with Crippen LogP contribution in [-0.2, 0) is 0 Å². The minimum atomic E-state index is 0.587. The fraction of sp³-hybridized carbons (Fsp3) is 0.538. The average Bonchev–Trinajstić information content (AvgIpc) is 3.08. The molecular weight excluding hydrogens is 276 g/mol. The van der Waals surface area contributed by atoms with Crippen LogP contribution in [0, 0.1) is 12.8 Å². The van der Waals surface area contributed by atoms with Crippen LogP contribution in [0.3, 0.4) is 0 Å². The summed E-state index contributed by atoms with van der Waals surface area (Å²) in [6.07, 6.45) is 5.42. The van der Waals surface area contributed by atoms with Gasteiger partial charge in [-0.2, -0.15) is 4.37 Å². The summed E-state index contributed by atoms with van der Waals surface area (Å²) in [5.41, 5.74) is 7.92. The second-order valence-electron chi connectivity index (χ2n) is 5.06. The van der Waals surface area contributed by atoms with Gasteiger partial charge in [0.25, 0.3) is 0 Å². The Morgan fingerprint density at radius 2 is 2.21 bits per heavy atom. The third-order valence-corrected chi connectivity index (χ3v) is 5.21. The number of hydrogen-bond donors (Lipinski definition) is 2. The molecule has 0 saturated heterocycles. The van der Waals surface area contributed by atoms with Gasteiger partial charge < -0.3 is 11.1 Å². The standard InChI is InChI=1S/C13H18N4S2/c1-8-16-10(7-18-8)11-12(14)17-19-13(11)15-6-9-4-2-3-5-9/h7,9,15H,2-6H2,1H3,(H2,14,17). The molecule has 3 rings (SSSR count). The van der Waals surface area contributed by atoms with Crippen molar-refractivity contribution in [1.82, 2.24) is 9.36 Å². The average molecular weight is 294 g/mol. The Labute approximate surface area is 121 Å². The van der Waals surface area contributed by atoms with Gasteiger partial charge in [-0.3, -0.25) is 0 Å². The molecule has 0 radical (unpaired) electrons. The second kappa shape index (κ2) is 5.46. The van der Waals surface area contributed by atoms with Crippen LogP contribution < -0.4 is 11.1 Å². The minimum Gasteiger partial charge on any atom is -0.382 e. The summed E-state index contributed by atoms with van der Waals surface area (Å²) in [6.45, 7) is 3.04. The van der Waals surface area contributed by atoms with Gasteiger partial charge in [0.15, 0.2) is 0 Å². The van der Waals surface area contributed by atoms with Gasteiger partial charge in [-0.05, 0) is 37.2 Å². The maximum absolute atomic E-state index is 5.99. The van der Waals surface area contributed by atoms with Crippen molar-refractivity contribution in [1.29, 1.82) is 0 Å². The Balaban J connectivity index is 1.78. The van der Waals surface area contributed by atoms with Crippen molar-refractivity contribution in [3.63, 3.8) is 0 Å². The molecule has 0 bridgehead atoms. The zero-order valence-electron chi connectivity index (χ0n) is 11.0. The molecule has 2 heterocycles. The fourth-order valence-corrected chi connectivity index (χ4v) is 3.93. The summed E-state index contributed by atoms with van der Waals surface area (Å²) in [7, 11) is 0. The molecule has 2 aromatic heterocycles. The van der Waals surface area contributed by atoms with Crippen molar-refractivity contribution >= 4 is 33.7 Å². The summed E-state index contributed by atoms with van der Waals surface area (Å²) in [5, 5.41) is 7.70. The smallest absolute Gasteiger partial charge is 0.148 e. The lowest BCUT2D eigenvalue weighted by atomic mass is 10.1. The Morgan fingerprint density at radius 3 is 2.89 bits per heavy atom. The van der Waals surface area contributed by atoms with E-state index in [2.05, 4.69) is 20.1 Å². The van der Waals surface area contributed by atoms with Gasteiger partial charge in [-0.1, -0.05) is 12.8 Å².